The lowest BCUT2D eigenvalue weighted by atomic mass is 10.1. The van der Waals surface area contributed by atoms with Gasteiger partial charge in [-0.05, 0) is 45.0 Å². The van der Waals surface area contributed by atoms with Crippen LogP contribution in [0.25, 0.3) is 0 Å². The number of likely N-dealkylation sites (N-methyl/N-ethyl adjacent to an activating group) is 1. The number of piperazine rings is 1. The minimum atomic E-state index is 0.585. The lowest BCUT2D eigenvalue weighted by molar-refractivity contribution is -0.107. The molecule has 1 saturated heterocycles. The number of nitrogens with zero attached hydrogens (tertiary/aromatic N) is 2. The van der Waals surface area contributed by atoms with Crippen molar-refractivity contribution in [2.75, 3.05) is 33.2 Å². The highest BCUT2D eigenvalue weighted by molar-refractivity contribution is 6.30. The second-order valence-corrected chi connectivity index (χ2v) is 6.20. The van der Waals surface area contributed by atoms with Crippen molar-refractivity contribution in [1.82, 2.24) is 9.80 Å². The van der Waals surface area contributed by atoms with Gasteiger partial charge in [0.25, 0.3) is 0 Å². The van der Waals surface area contributed by atoms with Crippen LogP contribution in [-0.4, -0.2) is 55.4 Å². The van der Waals surface area contributed by atoms with Crippen LogP contribution in [0.2, 0.25) is 5.02 Å². The van der Waals surface area contributed by atoms with E-state index in [1.807, 2.05) is 24.3 Å². The molecule has 1 aromatic carbocycles. The van der Waals surface area contributed by atoms with Crippen LogP contribution in [0.1, 0.15) is 25.8 Å². The molecule has 21 heavy (non-hydrogen) atoms. The second kappa shape index (κ2) is 9.93. The number of carbonyl (C=O) groups is 1. The summed E-state index contributed by atoms with van der Waals surface area (Å²) < 4.78 is 0. The van der Waals surface area contributed by atoms with E-state index in [0.29, 0.717) is 6.42 Å². The van der Waals surface area contributed by atoms with E-state index in [9.17, 15) is 4.79 Å². The highest BCUT2D eigenvalue weighted by atomic mass is 35.5. The van der Waals surface area contributed by atoms with E-state index in [0.717, 1.165) is 29.3 Å². The SMILES string of the molecule is CC(C)N1CCN(C)CC1.O=CCCc1ccc(Cl)cc1. The first kappa shape index (κ1) is 18.1. The summed E-state index contributed by atoms with van der Waals surface area (Å²) in [7, 11) is 2.19. The predicted molar refractivity (Wildman–Crippen MR) is 90.0 cm³/mol. The highest BCUT2D eigenvalue weighted by Crippen LogP contribution is 2.10. The third-order valence-corrected chi connectivity index (χ3v) is 3.98. The third-order valence-electron chi connectivity index (χ3n) is 3.73. The number of hydrogen-bond donors (Lipinski definition) is 0. The van der Waals surface area contributed by atoms with Crippen LogP contribution in [0.15, 0.2) is 24.3 Å². The summed E-state index contributed by atoms with van der Waals surface area (Å²) in [5, 5.41) is 0.736. The summed E-state index contributed by atoms with van der Waals surface area (Å²) in [6.45, 7) is 9.50. The van der Waals surface area contributed by atoms with Crippen molar-refractivity contribution in [3.05, 3.63) is 34.9 Å². The Morgan fingerprint density at radius 3 is 2.19 bits per heavy atom. The summed E-state index contributed by atoms with van der Waals surface area (Å²) in [6, 6.07) is 8.27. The first-order valence-corrected chi connectivity index (χ1v) is 8.01. The predicted octanol–water partition coefficient (Wildman–Crippen LogP) is 3.11. The van der Waals surface area contributed by atoms with Crippen molar-refractivity contribution < 1.29 is 4.79 Å². The molecule has 3 nitrogen and oxygen atoms in total. The molecule has 0 amide bonds. The van der Waals surface area contributed by atoms with E-state index >= 15 is 0 Å². The van der Waals surface area contributed by atoms with E-state index in [1.165, 1.54) is 26.2 Å². The fraction of sp³-hybridized carbons (Fsp3) is 0.588. The van der Waals surface area contributed by atoms with Crippen LogP contribution in [0.3, 0.4) is 0 Å². The molecule has 0 aromatic heterocycles. The zero-order valence-corrected chi connectivity index (χ0v) is 14.1. The maximum Gasteiger partial charge on any atom is 0.120 e. The molecule has 0 unspecified atom stereocenters. The van der Waals surface area contributed by atoms with Gasteiger partial charge in [-0.3, -0.25) is 4.90 Å². The van der Waals surface area contributed by atoms with Crippen molar-refractivity contribution in [1.29, 1.82) is 0 Å². The number of halogens is 1. The largest absolute Gasteiger partial charge is 0.304 e. The molecule has 1 fully saturated rings. The highest BCUT2D eigenvalue weighted by Gasteiger charge is 2.15. The molecule has 0 bridgehead atoms. The van der Waals surface area contributed by atoms with Crippen LogP contribution in [-0.2, 0) is 11.2 Å². The molecule has 0 aliphatic carbocycles. The lowest BCUT2D eigenvalue weighted by Gasteiger charge is -2.34. The number of hydrogen-bond acceptors (Lipinski definition) is 3. The number of aryl methyl sites for hydroxylation is 1. The Labute approximate surface area is 133 Å². The number of carbonyl (C=O) groups excluding carboxylic acids is 1. The van der Waals surface area contributed by atoms with Crippen LogP contribution in [0.4, 0.5) is 0 Å². The molecular formula is C17H27ClN2O. The fourth-order valence-corrected chi connectivity index (χ4v) is 2.34. The van der Waals surface area contributed by atoms with Gasteiger partial charge in [-0.2, -0.15) is 0 Å². The minimum Gasteiger partial charge on any atom is -0.304 e. The molecule has 1 aromatic rings. The number of benzene rings is 1. The zero-order valence-electron chi connectivity index (χ0n) is 13.4. The van der Waals surface area contributed by atoms with E-state index < -0.39 is 0 Å². The Bertz CT molecular complexity index is 398. The Morgan fingerprint density at radius 2 is 1.71 bits per heavy atom. The number of rotatable bonds is 4. The third kappa shape index (κ3) is 7.60. The van der Waals surface area contributed by atoms with Gasteiger partial charge in [0.15, 0.2) is 0 Å². The summed E-state index contributed by atoms with van der Waals surface area (Å²) >= 11 is 5.68. The molecule has 0 radical (unpaired) electrons. The van der Waals surface area contributed by atoms with Crippen LogP contribution in [0.5, 0.6) is 0 Å². The van der Waals surface area contributed by atoms with Gasteiger partial charge in [0.2, 0.25) is 0 Å². The first-order chi connectivity index (χ1) is 10.0. The summed E-state index contributed by atoms with van der Waals surface area (Å²) in [5.74, 6) is 0. The van der Waals surface area contributed by atoms with Crippen molar-refractivity contribution >= 4 is 17.9 Å². The van der Waals surface area contributed by atoms with Crippen LogP contribution in [0, 0.1) is 0 Å². The minimum absolute atomic E-state index is 0.585. The molecule has 1 heterocycles. The van der Waals surface area contributed by atoms with Gasteiger partial charge in [-0.15, -0.1) is 0 Å². The van der Waals surface area contributed by atoms with Gasteiger partial charge in [-0.1, -0.05) is 23.7 Å². The molecular weight excluding hydrogens is 284 g/mol. The molecule has 0 spiro atoms. The number of aldehydes is 1. The molecule has 0 N–H and O–H groups in total. The van der Waals surface area contributed by atoms with Gasteiger partial charge in [0, 0.05) is 43.7 Å². The Kier molecular flexibility index (Phi) is 8.58. The standard InChI is InChI=1S/C9H9ClO.C8H18N2/c10-9-5-3-8(4-6-9)2-1-7-11;1-8(2)10-6-4-9(3)5-7-10/h3-7H,1-2H2;8H,4-7H2,1-3H3. The van der Waals surface area contributed by atoms with E-state index in [-0.39, 0.29) is 0 Å². The average molecular weight is 311 g/mol. The smallest absolute Gasteiger partial charge is 0.120 e. The first-order valence-electron chi connectivity index (χ1n) is 7.63. The Hall–Kier alpha value is -0.900. The molecule has 4 heteroatoms. The van der Waals surface area contributed by atoms with Crippen LogP contribution >= 0.6 is 11.6 Å². The van der Waals surface area contributed by atoms with Crippen LogP contribution < -0.4 is 0 Å². The molecule has 118 valence electrons. The Morgan fingerprint density at radius 1 is 1.14 bits per heavy atom. The molecule has 0 saturated carbocycles. The monoisotopic (exact) mass is 310 g/mol. The van der Waals surface area contributed by atoms with Crippen molar-refractivity contribution in [2.45, 2.75) is 32.7 Å². The quantitative estimate of drug-likeness (QED) is 0.798. The maximum atomic E-state index is 10.0. The summed E-state index contributed by atoms with van der Waals surface area (Å²) in [4.78, 5) is 14.9. The molecule has 1 aliphatic rings. The topological polar surface area (TPSA) is 23.6 Å². The zero-order chi connectivity index (χ0) is 15.7. The van der Waals surface area contributed by atoms with E-state index in [4.69, 9.17) is 11.6 Å². The van der Waals surface area contributed by atoms with Gasteiger partial charge in [-0.25, -0.2) is 0 Å². The van der Waals surface area contributed by atoms with Crippen molar-refractivity contribution in [3.63, 3.8) is 0 Å². The molecule has 0 atom stereocenters. The van der Waals surface area contributed by atoms with Gasteiger partial charge < -0.3 is 9.69 Å². The lowest BCUT2D eigenvalue weighted by Crippen LogP contribution is -2.47. The normalized spacial score (nSPS) is 16.4. The van der Waals surface area contributed by atoms with Crippen molar-refractivity contribution in [3.8, 4) is 0 Å². The van der Waals surface area contributed by atoms with Crippen molar-refractivity contribution in [2.24, 2.45) is 0 Å². The van der Waals surface area contributed by atoms with E-state index in [1.54, 1.807) is 0 Å². The van der Waals surface area contributed by atoms with E-state index in [2.05, 4.69) is 30.7 Å². The average Bonchev–Trinajstić information content (AvgIpc) is 2.48. The molecule has 2 rings (SSSR count). The summed E-state index contributed by atoms with van der Waals surface area (Å²) in [6.07, 6.45) is 2.32. The van der Waals surface area contributed by atoms with Gasteiger partial charge in [0.1, 0.15) is 6.29 Å². The fourth-order valence-electron chi connectivity index (χ4n) is 2.21. The Balaban J connectivity index is 0.000000211. The van der Waals surface area contributed by atoms with Gasteiger partial charge in [0.05, 0.1) is 0 Å². The maximum absolute atomic E-state index is 10.0. The molecule has 1 aliphatic heterocycles. The summed E-state index contributed by atoms with van der Waals surface area (Å²) in [5.41, 5.74) is 1.15. The van der Waals surface area contributed by atoms with Gasteiger partial charge >= 0.3 is 0 Å². The second-order valence-electron chi connectivity index (χ2n) is 5.76.